The van der Waals surface area contributed by atoms with E-state index >= 15 is 0 Å². The lowest BCUT2D eigenvalue weighted by Gasteiger charge is -2.18. The van der Waals surface area contributed by atoms with Crippen LogP contribution in [-0.4, -0.2) is 31.1 Å². The SMILES string of the molecule is NC(=O)NCCC(=O)OCC(=O)N[C@@H](c1ccc(F)cc1)c1cccs1. The van der Waals surface area contributed by atoms with E-state index in [1.807, 2.05) is 17.5 Å². The van der Waals surface area contributed by atoms with Gasteiger partial charge < -0.3 is 21.1 Å². The number of primary amides is 1. The van der Waals surface area contributed by atoms with Crippen LogP contribution in [0.15, 0.2) is 41.8 Å². The molecule has 0 spiro atoms. The molecule has 0 radical (unpaired) electrons. The van der Waals surface area contributed by atoms with Gasteiger partial charge in [0.1, 0.15) is 5.82 Å². The van der Waals surface area contributed by atoms with Crippen molar-refractivity contribution in [3.63, 3.8) is 0 Å². The van der Waals surface area contributed by atoms with E-state index in [0.29, 0.717) is 5.56 Å². The van der Waals surface area contributed by atoms with Crippen molar-refractivity contribution in [2.75, 3.05) is 13.2 Å². The smallest absolute Gasteiger partial charge is 0.312 e. The first kappa shape index (κ1) is 19.4. The van der Waals surface area contributed by atoms with E-state index in [2.05, 4.69) is 10.6 Å². The second-order valence-corrected chi connectivity index (χ2v) is 6.25. The Morgan fingerprint density at radius 1 is 1.19 bits per heavy atom. The molecule has 2 rings (SSSR count). The molecular formula is C17H18FN3O4S. The van der Waals surface area contributed by atoms with Crippen LogP contribution < -0.4 is 16.4 Å². The van der Waals surface area contributed by atoms with Gasteiger partial charge in [-0.15, -0.1) is 11.3 Å². The Bertz CT molecular complexity index is 750. The van der Waals surface area contributed by atoms with E-state index in [1.54, 1.807) is 12.1 Å². The highest BCUT2D eigenvalue weighted by atomic mass is 32.1. The maximum atomic E-state index is 13.1. The molecule has 4 N–H and O–H groups in total. The van der Waals surface area contributed by atoms with Gasteiger partial charge in [0.15, 0.2) is 6.61 Å². The first-order chi connectivity index (χ1) is 12.5. The maximum Gasteiger partial charge on any atom is 0.312 e. The zero-order valence-electron chi connectivity index (χ0n) is 13.7. The summed E-state index contributed by atoms with van der Waals surface area (Å²) in [7, 11) is 0. The topological polar surface area (TPSA) is 111 Å². The van der Waals surface area contributed by atoms with Crippen molar-refractivity contribution in [1.82, 2.24) is 10.6 Å². The Hall–Kier alpha value is -2.94. The molecule has 9 heteroatoms. The van der Waals surface area contributed by atoms with Gasteiger partial charge in [-0.3, -0.25) is 9.59 Å². The number of nitrogens with two attached hydrogens (primary N) is 1. The maximum absolute atomic E-state index is 13.1. The van der Waals surface area contributed by atoms with Crippen molar-refractivity contribution in [2.45, 2.75) is 12.5 Å². The van der Waals surface area contributed by atoms with Gasteiger partial charge in [-0.25, -0.2) is 9.18 Å². The monoisotopic (exact) mass is 379 g/mol. The van der Waals surface area contributed by atoms with Gasteiger partial charge in [0.2, 0.25) is 0 Å². The third-order valence-electron chi connectivity index (χ3n) is 3.33. The third kappa shape index (κ3) is 6.17. The molecule has 2 aromatic rings. The van der Waals surface area contributed by atoms with Gasteiger partial charge in [-0.05, 0) is 29.1 Å². The van der Waals surface area contributed by atoms with Crippen LogP contribution in [0.25, 0.3) is 0 Å². The number of thiophene rings is 1. The second-order valence-electron chi connectivity index (χ2n) is 5.27. The highest BCUT2D eigenvalue weighted by Crippen LogP contribution is 2.26. The summed E-state index contributed by atoms with van der Waals surface area (Å²) in [6, 6.07) is 8.27. The Morgan fingerprint density at radius 3 is 2.54 bits per heavy atom. The normalized spacial score (nSPS) is 11.4. The van der Waals surface area contributed by atoms with Crippen molar-refractivity contribution in [2.24, 2.45) is 5.73 Å². The van der Waals surface area contributed by atoms with E-state index in [-0.39, 0.29) is 18.8 Å². The molecule has 26 heavy (non-hydrogen) atoms. The first-order valence-corrected chi connectivity index (χ1v) is 8.61. The number of rotatable bonds is 8. The van der Waals surface area contributed by atoms with Crippen LogP contribution in [0.5, 0.6) is 0 Å². The molecular weight excluding hydrogens is 361 g/mol. The fourth-order valence-corrected chi connectivity index (χ4v) is 2.94. The number of urea groups is 1. The van der Waals surface area contributed by atoms with E-state index in [9.17, 15) is 18.8 Å². The number of carbonyl (C=O) groups excluding carboxylic acids is 3. The first-order valence-electron chi connectivity index (χ1n) is 7.73. The molecule has 0 aliphatic heterocycles. The number of hydrogen-bond acceptors (Lipinski definition) is 5. The van der Waals surface area contributed by atoms with Gasteiger partial charge in [0, 0.05) is 11.4 Å². The largest absolute Gasteiger partial charge is 0.456 e. The quantitative estimate of drug-likeness (QED) is 0.606. The van der Waals surface area contributed by atoms with Crippen molar-refractivity contribution in [1.29, 1.82) is 0 Å². The molecule has 1 aromatic carbocycles. The van der Waals surface area contributed by atoms with Gasteiger partial charge >= 0.3 is 12.0 Å². The highest BCUT2D eigenvalue weighted by molar-refractivity contribution is 7.10. The number of esters is 1. The molecule has 1 heterocycles. The number of hydrogen-bond donors (Lipinski definition) is 3. The molecule has 1 atom stereocenters. The van der Waals surface area contributed by atoms with Crippen LogP contribution in [-0.2, 0) is 14.3 Å². The zero-order valence-corrected chi connectivity index (χ0v) is 14.6. The van der Waals surface area contributed by atoms with Crippen LogP contribution in [0.4, 0.5) is 9.18 Å². The lowest BCUT2D eigenvalue weighted by molar-refractivity contribution is -0.148. The average molecular weight is 379 g/mol. The Morgan fingerprint density at radius 2 is 1.92 bits per heavy atom. The molecule has 3 amide bonds. The minimum Gasteiger partial charge on any atom is -0.456 e. The standard InChI is InChI=1S/C17H18FN3O4S/c18-12-5-3-11(4-6-12)16(13-2-1-9-26-13)21-14(22)10-25-15(23)7-8-20-17(19)24/h1-6,9,16H,7-8,10H2,(H,21,22)(H3,19,20,24)/t16-/m0/s1. The molecule has 0 saturated heterocycles. The van der Waals surface area contributed by atoms with Gasteiger partial charge in [-0.2, -0.15) is 0 Å². The summed E-state index contributed by atoms with van der Waals surface area (Å²) in [4.78, 5) is 35.0. The number of ether oxygens (including phenoxy) is 1. The summed E-state index contributed by atoms with van der Waals surface area (Å²) in [5, 5.41) is 6.88. The number of carbonyl (C=O) groups is 3. The van der Waals surface area contributed by atoms with E-state index < -0.39 is 30.6 Å². The molecule has 1 aromatic heterocycles. The van der Waals surface area contributed by atoms with Crippen LogP contribution in [0.2, 0.25) is 0 Å². The van der Waals surface area contributed by atoms with Crippen molar-refractivity contribution < 1.29 is 23.5 Å². The minimum absolute atomic E-state index is 0.0309. The van der Waals surface area contributed by atoms with Crippen LogP contribution in [0.1, 0.15) is 22.9 Å². The molecule has 0 bridgehead atoms. The lowest BCUT2D eigenvalue weighted by Crippen LogP contribution is -2.34. The van der Waals surface area contributed by atoms with Gasteiger partial charge in [0.05, 0.1) is 12.5 Å². The molecule has 0 aliphatic carbocycles. The third-order valence-corrected chi connectivity index (χ3v) is 4.27. The zero-order chi connectivity index (χ0) is 18.9. The summed E-state index contributed by atoms with van der Waals surface area (Å²) in [5.41, 5.74) is 5.59. The van der Waals surface area contributed by atoms with Crippen LogP contribution in [0.3, 0.4) is 0 Å². The predicted molar refractivity (Wildman–Crippen MR) is 93.9 cm³/mol. The van der Waals surface area contributed by atoms with Crippen LogP contribution >= 0.6 is 11.3 Å². The second kappa shape index (κ2) is 9.52. The summed E-state index contributed by atoms with van der Waals surface area (Å²) < 4.78 is 18.0. The van der Waals surface area contributed by atoms with E-state index in [4.69, 9.17) is 10.5 Å². The van der Waals surface area contributed by atoms with Crippen LogP contribution in [0, 0.1) is 5.82 Å². The molecule has 0 saturated carbocycles. The van der Waals surface area contributed by atoms with Crippen molar-refractivity contribution in [3.05, 3.63) is 58.0 Å². The molecule has 138 valence electrons. The number of halogens is 1. The fraction of sp³-hybridized carbons (Fsp3) is 0.235. The minimum atomic E-state index is -0.742. The van der Waals surface area contributed by atoms with E-state index in [0.717, 1.165) is 4.88 Å². The Labute approximate surface area is 153 Å². The molecule has 0 unspecified atom stereocenters. The van der Waals surface area contributed by atoms with E-state index in [1.165, 1.54) is 23.5 Å². The van der Waals surface area contributed by atoms with Crippen molar-refractivity contribution >= 4 is 29.2 Å². The van der Waals surface area contributed by atoms with Gasteiger partial charge in [-0.1, -0.05) is 18.2 Å². The predicted octanol–water partition coefficient (Wildman–Crippen LogP) is 1.69. The number of nitrogens with one attached hydrogen (secondary N) is 2. The Balaban J connectivity index is 1.91. The summed E-state index contributed by atoms with van der Waals surface area (Å²) in [6.07, 6.45) is -0.0947. The molecule has 7 nitrogen and oxygen atoms in total. The molecule has 0 fully saturated rings. The molecule has 0 aliphatic rings. The summed E-state index contributed by atoms with van der Waals surface area (Å²) >= 11 is 1.44. The fourth-order valence-electron chi connectivity index (χ4n) is 2.14. The lowest BCUT2D eigenvalue weighted by atomic mass is 10.1. The Kier molecular flexibility index (Phi) is 7.10. The van der Waals surface area contributed by atoms with Crippen molar-refractivity contribution in [3.8, 4) is 0 Å². The average Bonchev–Trinajstić information content (AvgIpc) is 3.13. The summed E-state index contributed by atoms with van der Waals surface area (Å²) in [6.45, 7) is -0.429. The van der Waals surface area contributed by atoms with Gasteiger partial charge in [0.25, 0.3) is 5.91 Å². The highest BCUT2D eigenvalue weighted by Gasteiger charge is 2.19. The number of amides is 3. The summed E-state index contributed by atoms with van der Waals surface area (Å²) in [5.74, 6) is -1.50. The number of benzene rings is 1.